The molecule has 7 heteroatoms. The lowest BCUT2D eigenvalue weighted by Crippen LogP contribution is -2.06. The van der Waals surface area contributed by atoms with Crippen molar-refractivity contribution in [1.82, 2.24) is 0 Å². The van der Waals surface area contributed by atoms with Crippen LogP contribution in [-0.4, -0.2) is 13.3 Å². The Labute approximate surface area is 166 Å². The van der Waals surface area contributed by atoms with Gasteiger partial charge < -0.3 is 9.47 Å². The summed E-state index contributed by atoms with van der Waals surface area (Å²) < 4.78 is 49.6. The van der Waals surface area contributed by atoms with E-state index in [2.05, 4.69) is 10.5 Å². The van der Waals surface area contributed by atoms with Crippen LogP contribution in [0.1, 0.15) is 16.7 Å². The largest absolute Gasteiger partial charge is 0.493 e. The number of methoxy groups -OCH3 is 1. The first-order valence-electron chi connectivity index (χ1n) is 8.77. The van der Waals surface area contributed by atoms with Crippen LogP contribution >= 0.6 is 0 Å². The van der Waals surface area contributed by atoms with E-state index in [1.165, 1.54) is 13.2 Å². The molecule has 0 atom stereocenters. The molecule has 4 nitrogen and oxygen atoms in total. The van der Waals surface area contributed by atoms with Gasteiger partial charge in [-0.25, -0.2) is 0 Å². The first kappa shape index (κ1) is 20.3. The number of hydrogen-bond acceptors (Lipinski definition) is 4. The van der Waals surface area contributed by atoms with E-state index in [4.69, 9.17) is 9.47 Å². The number of halogens is 3. The lowest BCUT2D eigenvalue weighted by atomic mass is 10.1. The van der Waals surface area contributed by atoms with Gasteiger partial charge in [-0.3, -0.25) is 5.43 Å². The van der Waals surface area contributed by atoms with Crippen molar-refractivity contribution in [3.05, 3.63) is 89.5 Å². The van der Waals surface area contributed by atoms with E-state index in [0.29, 0.717) is 17.1 Å². The highest BCUT2D eigenvalue weighted by Gasteiger charge is 2.30. The van der Waals surface area contributed by atoms with Gasteiger partial charge in [0.25, 0.3) is 0 Å². The van der Waals surface area contributed by atoms with Crippen LogP contribution in [0.15, 0.2) is 77.9 Å². The summed E-state index contributed by atoms with van der Waals surface area (Å²) in [5.41, 5.74) is 4.20. The minimum atomic E-state index is -4.39. The first-order valence-corrected chi connectivity index (χ1v) is 8.77. The Kier molecular flexibility index (Phi) is 6.39. The van der Waals surface area contributed by atoms with E-state index in [1.54, 1.807) is 30.5 Å². The molecule has 0 unspecified atom stereocenters. The first-order chi connectivity index (χ1) is 14.0. The number of para-hydroxylation sites is 1. The number of hydrazone groups is 1. The maximum absolute atomic E-state index is 12.9. The molecule has 0 fully saturated rings. The minimum absolute atomic E-state index is 0.0247. The molecule has 0 aliphatic heterocycles. The minimum Gasteiger partial charge on any atom is -0.493 e. The van der Waals surface area contributed by atoms with Crippen molar-refractivity contribution in [1.29, 1.82) is 0 Å². The van der Waals surface area contributed by atoms with Crippen LogP contribution in [0.25, 0.3) is 0 Å². The van der Waals surface area contributed by atoms with E-state index in [0.717, 1.165) is 23.4 Å². The standard InChI is InChI=1S/C22H19F3N2O2/c1-28-20-11-10-16(14-26-27-19-8-3-2-4-9-19)13-21(20)29-15-17-6-5-7-18(12-17)22(23,24)25/h2-14,27H,15H2,1H3. The molecule has 1 N–H and O–H groups in total. The Morgan fingerprint density at radius 3 is 2.45 bits per heavy atom. The molecule has 0 spiro atoms. The number of nitrogens with one attached hydrogen (secondary N) is 1. The second-order valence-electron chi connectivity index (χ2n) is 6.13. The number of nitrogens with zero attached hydrogens (tertiary/aromatic N) is 1. The van der Waals surface area contributed by atoms with Crippen LogP contribution in [-0.2, 0) is 12.8 Å². The fraction of sp³-hybridized carbons (Fsp3) is 0.136. The molecule has 0 radical (unpaired) electrons. The highest BCUT2D eigenvalue weighted by molar-refractivity contribution is 5.81. The average molecular weight is 400 g/mol. The van der Waals surface area contributed by atoms with Gasteiger partial charge in [-0.15, -0.1) is 0 Å². The Hall–Kier alpha value is -3.48. The highest BCUT2D eigenvalue weighted by Crippen LogP contribution is 2.31. The van der Waals surface area contributed by atoms with Crippen molar-refractivity contribution in [2.75, 3.05) is 12.5 Å². The molecule has 0 bridgehead atoms. The quantitative estimate of drug-likeness (QED) is 0.406. The Morgan fingerprint density at radius 1 is 0.931 bits per heavy atom. The summed E-state index contributed by atoms with van der Waals surface area (Å²) in [6.07, 6.45) is -2.78. The number of rotatable bonds is 7. The number of alkyl halides is 3. The van der Waals surface area contributed by atoms with Gasteiger partial charge in [0, 0.05) is 0 Å². The molecular formula is C22H19F3N2O2. The van der Waals surface area contributed by atoms with E-state index < -0.39 is 11.7 Å². The van der Waals surface area contributed by atoms with Crippen molar-refractivity contribution in [2.45, 2.75) is 12.8 Å². The number of ether oxygens (including phenoxy) is 2. The second-order valence-corrected chi connectivity index (χ2v) is 6.13. The van der Waals surface area contributed by atoms with E-state index in [1.807, 2.05) is 30.3 Å². The molecule has 3 rings (SSSR count). The van der Waals surface area contributed by atoms with Crippen LogP contribution in [0.3, 0.4) is 0 Å². The third kappa shape index (κ3) is 5.75. The summed E-state index contributed by atoms with van der Waals surface area (Å²) in [5, 5.41) is 4.17. The molecule has 0 aromatic heterocycles. The van der Waals surface area contributed by atoms with Crippen LogP contribution in [0.5, 0.6) is 11.5 Å². The summed E-state index contributed by atoms with van der Waals surface area (Å²) >= 11 is 0. The molecule has 3 aromatic rings. The van der Waals surface area contributed by atoms with Crippen molar-refractivity contribution in [3.63, 3.8) is 0 Å². The summed E-state index contributed by atoms with van der Waals surface area (Å²) in [4.78, 5) is 0. The fourth-order valence-corrected chi connectivity index (χ4v) is 2.58. The molecular weight excluding hydrogens is 381 g/mol. The Balaban J connectivity index is 1.71. The molecule has 3 aromatic carbocycles. The Morgan fingerprint density at radius 2 is 1.72 bits per heavy atom. The van der Waals surface area contributed by atoms with Gasteiger partial charge in [0.15, 0.2) is 11.5 Å². The maximum Gasteiger partial charge on any atom is 0.416 e. The van der Waals surface area contributed by atoms with Crippen LogP contribution in [0, 0.1) is 0 Å². The number of anilines is 1. The lowest BCUT2D eigenvalue weighted by molar-refractivity contribution is -0.137. The van der Waals surface area contributed by atoms with Gasteiger partial charge in [0.1, 0.15) is 6.61 Å². The highest BCUT2D eigenvalue weighted by atomic mass is 19.4. The molecule has 0 amide bonds. The molecule has 0 aliphatic carbocycles. The van der Waals surface area contributed by atoms with Crippen LogP contribution in [0.2, 0.25) is 0 Å². The summed E-state index contributed by atoms with van der Waals surface area (Å²) in [5.74, 6) is 0.888. The van der Waals surface area contributed by atoms with E-state index in [9.17, 15) is 13.2 Å². The second kappa shape index (κ2) is 9.14. The van der Waals surface area contributed by atoms with Crippen molar-refractivity contribution in [3.8, 4) is 11.5 Å². The zero-order valence-electron chi connectivity index (χ0n) is 15.6. The zero-order chi connectivity index (χ0) is 20.7. The Bertz CT molecular complexity index is 973. The summed E-state index contributed by atoms with van der Waals surface area (Å²) in [7, 11) is 1.50. The van der Waals surface area contributed by atoms with Gasteiger partial charge in [0.05, 0.1) is 24.6 Å². The smallest absolute Gasteiger partial charge is 0.416 e. The topological polar surface area (TPSA) is 42.8 Å². The average Bonchev–Trinajstić information content (AvgIpc) is 2.73. The fourth-order valence-electron chi connectivity index (χ4n) is 2.58. The van der Waals surface area contributed by atoms with Crippen molar-refractivity contribution >= 4 is 11.9 Å². The molecule has 0 aliphatic rings. The molecule has 150 valence electrons. The molecule has 0 heterocycles. The van der Waals surface area contributed by atoms with Crippen molar-refractivity contribution < 1.29 is 22.6 Å². The zero-order valence-corrected chi connectivity index (χ0v) is 15.6. The monoisotopic (exact) mass is 400 g/mol. The van der Waals surface area contributed by atoms with E-state index >= 15 is 0 Å². The lowest BCUT2D eigenvalue weighted by Gasteiger charge is -2.13. The van der Waals surface area contributed by atoms with Gasteiger partial charge in [0.2, 0.25) is 0 Å². The van der Waals surface area contributed by atoms with Gasteiger partial charge in [-0.1, -0.05) is 30.3 Å². The van der Waals surface area contributed by atoms with E-state index in [-0.39, 0.29) is 6.61 Å². The third-order valence-electron chi connectivity index (χ3n) is 4.02. The molecule has 0 saturated heterocycles. The number of hydrogen-bond donors (Lipinski definition) is 1. The summed E-state index contributed by atoms with van der Waals surface area (Å²) in [6.45, 7) is -0.0247. The molecule has 29 heavy (non-hydrogen) atoms. The normalized spacial score (nSPS) is 11.4. The van der Waals surface area contributed by atoms with Crippen LogP contribution < -0.4 is 14.9 Å². The maximum atomic E-state index is 12.9. The molecule has 0 saturated carbocycles. The van der Waals surface area contributed by atoms with Crippen LogP contribution in [0.4, 0.5) is 18.9 Å². The summed E-state index contributed by atoms with van der Waals surface area (Å²) in [6, 6.07) is 19.7. The van der Waals surface area contributed by atoms with Gasteiger partial charge >= 0.3 is 6.18 Å². The van der Waals surface area contributed by atoms with Gasteiger partial charge in [-0.05, 0) is 53.6 Å². The van der Waals surface area contributed by atoms with Crippen molar-refractivity contribution in [2.24, 2.45) is 5.10 Å². The van der Waals surface area contributed by atoms with Gasteiger partial charge in [-0.2, -0.15) is 18.3 Å². The number of benzene rings is 3. The third-order valence-corrected chi connectivity index (χ3v) is 4.02. The predicted octanol–water partition coefficient (Wildman–Crippen LogP) is 5.74. The predicted molar refractivity (Wildman–Crippen MR) is 106 cm³/mol. The SMILES string of the molecule is COc1ccc(C=NNc2ccccc2)cc1OCc1cccc(C(F)(F)F)c1.